The molecular weight excluding hydrogens is 473 g/mol. The zero-order valence-corrected chi connectivity index (χ0v) is 20.9. The highest BCUT2D eigenvalue weighted by Gasteiger charge is 2.62. The van der Waals surface area contributed by atoms with Gasteiger partial charge in [-0.05, 0) is 19.4 Å². The quantitative estimate of drug-likeness (QED) is 0.328. The summed E-state index contributed by atoms with van der Waals surface area (Å²) in [6, 6.07) is 1.34. The molecule has 2 aliphatic heterocycles. The number of rotatable bonds is 11. The topological polar surface area (TPSA) is 66.8 Å². The lowest BCUT2D eigenvalue weighted by Crippen LogP contribution is -2.55. The van der Waals surface area contributed by atoms with Crippen LogP contribution in [-0.4, -0.2) is 34.0 Å². The van der Waals surface area contributed by atoms with E-state index in [9.17, 15) is 14.7 Å². The van der Waals surface area contributed by atoms with Gasteiger partial charge in [-0.25, -0.2) is 0 Å². The number of aromatic hydroxyl groups is 1. The number of amides is 1. The van der Waals surface area contributed by atoms with Crippen molar-refractivity contribution in [2.75, 3.05) is 6.54 Å². The molecule has 0 aromatic heterocycles. The zero-order chi connectivity index (χ0) is 23.5. The molecule has 32 heavy (non-hydrogen) atoms. The maximum atomic E-state index is 13.4. The Morgan fingerprint density at radius 2 is 1.53 bits per heavy atom. The highest BCUT2D eigenvalue weighted by atomic mass is 35.5. The first kappa shape index (κ1) is 25.2. The minimum atomic E-state index is -1.82. The van der Waals surface area contributed by atoms with Gasteiger partial charge < -0.3 is 9.84 Å². The van der Waals surface area contributed by atoms with Crippen molar-refractivity contribution in [2.45, 2.75) is 83.8 Å². The molecule has 3 rings (SSSR count). The number of benzene rings is 1. The molecule has 2 heterocycles. The first-order valence-corrected chi connectivity index (χ1v) is 12.5. The molecule has 8 heteroatoms. The van der Waals surface area contributed by atoms with Gasteiger partial charge in [-0.2, -0.15) is 0 Å². The second kappa shape index (κ2) is 10.7. The van der Waals surface area contributed by atoms with E-state index >= 15 is 0 Å². The Morgan fingerprint density at radius 3 is 2.12 bits per heavy atom. The first-order chi connectivity index (χ1) is 15.3. The molecule has 0 bridgehead atoms. The van der Waals surface area contributed by atoms with E-state index in [4.69, 9.17) is 39.5 Å². The second-order valence-electron chi connectivity index (χ2n) is 8.55. The van der Waals surface area contributed by atoms with Crippen molar-refractivity contribution in [3.05, 3.63) is 32.3 Å². The average Bonchev–Trinajstić information content (AvgIpc) is 3.16. The van der Waals surface area contributed by atoms with Crippen molar-refractivity contribution in [1.82, 2.24) is 4.90 Å². The van der Waals surface area contributed by atoms with Gasteiger partial charge in [0.1, 0.15) is 21.6 Å². The lowest BCUT2D eigenvalue weighted by atomic mass is 10.0. The third kappa shape index (κ3) is 4.49. The number of fused-ring (bicyclic) bond motifs is 1. The number of hydrogen-bond acceptors (Lipinski definition) is 4. The van der Waals surface area contributed by atoms with Crippen LogP contribution in [-0.2, 0) is 4.79 Å². The van der Waals surface area contributed by atoms with Crippen LogP contribution in [0.15, 0.2) is 16.1 Å². The van der Waals surface area contributed by atoms with Crippen LogP contribution in [0.25, 0.3) is 0 Å². The third-order valence-corrected chi connectivity index (χ3v) is 7.46. The van der Waals surface area contributed by atoms with E-state index in [1.54, 1.807) is 6.92 Å². The van der Waals surface area contributed by atoms with Crippen LogP contribution in [0.2, 0.25) is 5.02 Å². The molecule has 0 fully saturated rings. The molecule has 0 aliphatic carbocycles. The summed E-state index contributed by atoms with van der Waals surface area (Å²) < 4.78 is 6.00. The minimum absolute atomic E-state index is 0.0343. The van der Waals surface area contributed by atoms with Crippen LogP contribution in [0.4, 0.5) is 0 Å². The van der Waals surface area contributed by atoms with Gasteiger partial charge in [-0.1, -0.05) is 99.5 Å². The summed E-state index contributed by atoms with van der Waals surface area (Å²) in [5.74, 6) is -1.03. The number of phenolic OH excluding ortho intramolecular Hbond substituents is 1. The van der Waals surface area contributed by atoms with E-state index in [1.807, 2.05) is 0 Å². The SMILES string of the molecule is CCCCCCCCCCCCN1C(=O)C(Cl)=C(Cl)C12Oc1c(cc(Cl)c(O)c1C)C2=O. The molecule has 1 N–H and O–H groups in total. The maximum absolute atomic E-state index is 13.4. The van der Waals surface area contributed by atoms with Crippen LogP contribution in [0.5, 0.6) is 11.5 Å². The van der Waals surface area contributed by atoms with Crippen molar-refractivity contribution >= 4 is 46.5 Å². The Labute approximate surface area is 204 Å². The third-order valence-electron chi connectivity index (χ3n) is 6.28. The Kier molecular flexibility index (Phi) is 8.40. The van der Waals surface area contributed by atoms with Crippen LogP contribution in [0.3, 0.4) is 0 Å². The highest BCUT2D eigenvalue weighted by Crippen LogP contribution is 2.52. The number of halogens is 3. The van der Waals surface area contributed by atoms with Gasteiger partial charge in [0.15, 0.2) is 0 Å². The second-order valence-corrected chi connectivity index (χ2v) is 9.71. The predicted molar refractivity (Wildman–Crippen MR) is 128 cm³/mol. The van der Waals surface area contributed by atoms with Gasteiger partial charge in [0.05, 0.1) is 10.6 Å². The summed E-state index contributed by atoms with van der Waals surface area (Å²) in [5.41, 5.74) is -1.33. The van der Waals surface area contributed by atoms with Gasteiger partial charge in [-0.3, -0.25) is 14.5 Å². The molecule has 0 radical (unpaired) electrons. The Morgan fingerprint density at radius 1 is 0.969 bits per heavy atom. The number of ketones is 1. The van der Waals surface area contributed by atoms with E-state index in [2.05, 4.69) is 6.92 Å². The number of unbranched alkanes of at least 4 members (excludes halogenated alkanes) is 9. The number of Topliss-reactive ketones (excluding diaryl/α,β-unsaturated/α-hetero) is 1. The fourth-order valence-electron chi connectivity index (χ4n) is 4.39. The first-order valence-electron chi connectivity index (χ1n) is 11.4. The van der Waals surface area contributed by atoms with Crippen molar-refractivity contribution in [1.29, 1.82) is 0 Å². The normalized spacial score (nSPS) is 20.0. The summed E-state index contributed by atoms with van der Waals surface area (Å²) in [6.45, 7) is 4.10. The standard InChI is InChI=1S/C24H30Cl3NO4/c1-3-4-5-6-7-8-9-10-11-12-13-28-23(31)18(26)21(27)24(28)22(30)16-14-17(25)19(29)15(2)20(16)32-24/h14,29H,3-13H2,1-2H3. The molecule has 1 unspecified atom stereocenters. The van der Waals surface area contributed by atoms with Crippen LogP contribution >= 0.6 is 34.8 Å². The average molecular weight is 503 g/mol. The predicted octanol–water partition coefficient (Wildman–Crippen LogP) is 7.08. The molecule has 1 spiro atoms. The number of ether oxygens (including phenoxy) is 1. The monoisotopic (exact) mass is 501 g/mol. The van der Waals surface area contributed by atoms with Gasteiger partial charge in [0, 0.05) is 12.1 Å². The fraction of sp³-hybridized carbons (Fsp3) is 0.583. The molecular formula is C24H30Cl3NO4. The molecule has 0 saturated carbocycles. The number of nitrogens with zero attached hydrogens (tertiary/aromatic N) is 1. The van der Waals surface area contributed by atoms with Crippen LogP contribution in [0, 0.1) is 6.92 Å². The molecule has 1 aromatic carbocycles. The van der Waals surface area contributed by atoms with Crippen molar-refractivity contribution in [2.24, 2.45) is 0 Å². The number of carbonyl (C=O) groups excluding carboxylic acids is 2. The summed E-state index contributed by atoms with van der Waals surface area (Å²) in [7, 11) is 0. The van der Waals surface area contributed by atoms with E-state index in [0.29, 0.717) is 18.5 Å². The summed E-state index contributed by atoms with van der Waals surface area (Å²) >= 11 is 18.6. The van der Waals surface area contributed by atoms with Gasteiger partial charge in [0.25, 0.3) is 11.6 Å². The molecule has 176 valence electrons. The fourth-order valence-corrected chi connectivity index (χ4v) is 5.18. The van der Waals surface area contributed by atoms with Crippen molar-refractivity contribution in [3.63, 3.8) is 0 Å². The maximum Gasteiger partial charge on any atom is 0.288 e. The number of carbonyl (C=O) groups is 2. The molecule has 5 nitrogen and oxygen atoms in total. The van der Waals surface area contributed by atoms with E-state index in [1.165, 1.54) is 49.5 Å². The summed E-state index contributed by atoms with van der Waals surface area (Å²) in [4.78, 5) is 27.5. The molecule has 1 amide bonds. The zero-order valence-electron chi connectivity index (χ0n) is 18.6. The number of phenols is 1. The van der Waals surface area contributed by atoms with E-state index < -0.39 is 17.4 Å². The lowest BCUT2D eigenvalue weighted by molar-refractivity contribution is -0.134. The lowest BCUT2D eigenvalue weighted by Gasteiger charge is -2.33. The van der Waals surface area contributed by atoms with Gasteiger partial charge >= 0.3 is 0 Å². The smallest absolute Gasteiger partial charge is 0.288 e. The Hall–Kier alpha value is -1.43. The largest absolute Gasteiger partial charge is 0.506 e. The minimum Gasteiger partial charge on any atom is -0.506 e. The van der Waals surface area contributed by atoms with Crippen molar-refractivity contribution in [3.8, 4) is 11.5 Å². The van der Waals surface area contributed by atoms with Gasteiger partial charge in [-0.15, -0.1) is 0 Å². The molecule has 0 saturated heterocycles. The van der Waals surface area contributed by atoms with E-state index in [0.717, 1.165) is 19.3 Å². The van der Waals surface area contributed by atoms with Gasteiger partial charge in [0.2, 0.25) is 5.78 Å². The Balaban J connectivity index is 1.64. The number of hydrogen-bond donors (Lipinski definition) is 1. The van der Waals surface area contributed by atoms with E-state index in [-0.39, 0.29) is 32.1 Å². The Bertz CT molecular complexity index is 930. The summed E-state index contributed by atoms with van der Waals surface area (Å²) in [5, 5.41) is 9.83. The highest BCUT2D eigenvalue weighted by molar-refractivity contribution is 6.51. The molecule has 1 aromatic rings. The molecule has 1 atom stereocenters. The molecule has 2 aliphatic rings. The van der Waals surface area contributed by atoms with Crippen LogP contribution in [0.1, 0.15) is 87.1 Å². The van der Waals surface area contributed by atoms with Crippen molar-refractivity contribution < 1.29 is 19.4 Å². The van der Waals surface area contributed by atoms with Crippen LogP contribution < -0.4 is 4.74 Å². The summed E-state index contributed by atoms with van der Waals surface area (Å²) in [6.07, 6.45) is 11.5.